The van der Waals surface area contributed by atoms with Crippen molar-refractivity contribution in [3.05, 3.63) is 45.2 Å². The van der Waals surface area contributed by atoms with E-state index in [1.807, 2.05) is 32.0 Å². The van der Waals surface area contributed by atoms with Crippen molar-refractivity contribution in [3.8, 4) is 23.0 Å². The Morgan fingerprint density at radius 3 is 2.50 bits per heavy atom. The first kappa shape index (κ1) is 20.4. The van der Waals surface area contributed by atoms with E-state index in [9.17, 15) is 0 Å². The maximum Gasteiger partial charge on any atom is 0.230 e. The van der Waals surface area contributed by atoms with Crippen molar-refractivity contribution in [2.24, 2.45) is 0 Å². The smallest absolute Gasteiger partial charge is 0.230 e. The van der Waals surface area contributed by atoms with Gasteiger partial charge in [-0.05, 0) is 52.9 Å². The Morgan fingerprint density at radius 1 is 1.14 bits per heavy atom. The Bertz CT molecular complexity index is 964. The van der Waals surface area contributed by atoms with Crippen LogP contribution in [0, 0.1) is 20.8 Å². The highest BCUT2D eigenvalue weighted by molar-refractivity contribution is 7.11. The Balaban J connectivity index is 1.86. The SMILES string of the molecule is COc1ccc(OC)c(-c2nc(CN(C)[C@H](C)c3nc(C)sc3C)c(C)o2)c1. The maximum absolute atomic E-state index is 5.97. The third-order valence-electron chi connectivity index (χ3n) is 4.93. The maximum atomic E-state index is 5.97. The largest absolute Gasteiger partial charge is 0.497 e. The third kappa shape index (κ3) is 4.05. The third-order valence-corrected chi connectivity index (χ3v) is 5.83. The number of oxazole rings is 1. The number of aromatic nitrogens is 2. The molecule has 3 rings (SSSR count). The summed E-state index contributed by atoms with van der Waals surface area (Å²) in [5.74, 6) is 2.76. The van der Waals surface area contributed by atoms with Gasteiger partial charge in [0.05, 0.1) is 42.2 Å². The molecule has 0 aliphatic carbocycles. The number of aryl methyl sites for hydroxylation is 3. The second-order valence-corrected chi connectivity index (χ2v) is 8.26. The summed E-state index contributed by atoms with van der Waals surface area (Å²) in [6.07, 6.45) is 0. The molecular weight excluding hydrogens is 374 g/mol. The van der Waals surface area contributed by atoms with Gasteiger partial charge in [0.2, 0.25) is 5.89 Å². The molecule has 0 saturated carbocycles. The van der Waals surface area contributed by atoms with Gasteiger partial charge in [0, 0.05) is 11.4 Å². The Hall–Kier alpha value is -2.38. The lowest BCUT2D eigenvalue weighted by Crippen LogP contribution is -2.23. The highest BCUT2D eigenvalue weighted by Gasteiger charge is 2.21. The summed E-state index contributed by atoms with van der Waals surface area (Å²) in [4.78, 5) is 12.9. The molecule has 7 heteroatoms. The average Bonchev–Trinajstić information content (AvgIpc) is 3.21. The van der Waals surface area contributed by atoms with E-state index in [1.165, 1.54) is 4.88 Å². The van der Waals surface area contributed by atoms with Crippen LogP contribution in [0.15, 0.2) is 22.6 Å². The van der Waals surface area contributed by atoms with Crippen LogP contribution in [0.25, 0.3) is 11.5 Å². The topological polar surface area (TPSA) is 60.6 Å². The minimum Gasteiger partial charge on any atom is -0.497 e. The normalized spacial score (nSPS) is 12.4. The summed E-state index contributed by atoms with van der Waals surface area (Å²) in [6.45, 7) is 8.94. The molecule has 1 atom stereocenters. The van der Waals surface area contributed by atoms with Gasteiger partial charge in [-0.1, -0.05) is 0 Å². The van der Waals surface area contributed by atoms with Crippen LogP contribution in [-0.4, -0.2) is 36.1 Å². The van der Waals surface area contributed by atoms with Gasteiger partial charge in [-0.3, -0.25) is 4.90 Å². The van der Waals surface area contributed by atoms with Crippen molar-refractivity contribution in [2.45, 2.75) is 40.3 Å². The molecule has 0 aliphatic rings. The molecule has 150 valence electrons. The van der Waals surface area contributed by atoms with E-state index in [0.29, 0.717) is 18.2 Å². The quantitative estimate of drug-likeness (QED) is 0.559. The van der Waals surface area contributed by atoms with Gasteiger partial charge in [-0.25, -0.2) is 9.97 Å². The Morgan fingerprint density at radius 2 is 1.89 bits per heavy atom. The zero-order valence-electron chi connectivity index (χ0n) is 17.5. The van der Waals surface area contributed by atoms with Crippen molar-refractivity contribution in [2.75, 3.05) is 21.3 Å². The van der Waals surface area contributed by atoms with Gasteiger partial charge >= 0.3 is 0 Å². The average molecular weight is 402 g/mol. The number of ether oxygens (including phenoxy) is 2. The zero-order valence-corrected chi connectivity index (χ0v) is 18.3. The Labute approximate surface area is 170 Å². The van der Waals surface area contributed by atoms with Crippen LogP contribution in [0.3, 0.4) is 0 Å². The molecule has 6 nitrogen and oxygen atoms in total. The summed E-state index contributed by atoms with van der Waals surface area (Å²) in [7, 11) is 5.35. The fourth-order valence-electron chi connectivity index (χ4n) is 3.19. The van der Waals surface area contributed by atoms with Crippen LogP contribution in [0.4, 0.5) is 0 Å². The molecule has 0 radical (unpaired) electrons. The van der Waals surface area contributed by atoms with Crippen LogP contribution in [0.1, 0.15) is 40.0 Å². The number of hydrogen-bond donors (Lipinski definition) is 0. The van der Waals surface area contributed by atoms with E-state index in [-0.39, 0.29) is 6.04 Å². The second kappa shape index (κ2) is 8.32. The molecule has 0 aliphatic heterocycles. The van der Waals surface area contributed by atoms with Gasteiger partial charge < -0.3 is 13.9 Å². The zero-order chi connectivity index (χ0) is 20.4. The Kier molecular flexibility index (Phi) is 6.05. The summed E-state index contributed by atoms with van der Waals surface area (Å²) < 4.78 is 16.8. The predicted octanol–water partition coefficient (Wildman–Crippen LogP) is 4.93. The standard InChI is InChI=1S/C21H27N3O3S/c1-12(20-14(3)28-15(4)22-20)24(5)11-18-13(2)27-21(23-18)17-10-16(25-6)8-9-19(17)26-7/h8-10,12H,11H2,1-7H3/t12-/m1/s1. The van der Waals surface area contributed by atoms with Gasteiger partial charge in [0.1, 0.15) is 17.3 Å². The number of methoxy groups -OCH3 is 2. The first-order valence-electron chi connectivity index (χ1n) is 9.16. The molecule has 0 saturated heterocycles. The fraction of sp³-hybridized carbons (Fsp3) is 0.429. The molecule has 0 fully saturated rings. The predicted molar refractivity (Wildman–Crippen MR) is 111 cm³/mol. The van der Waals surface area contributed by atoms with Crippen molar-refractivity contribution in [1.82, 2.24) is 14.9 Å². The van der Waals surface area contributed by atoms with Crippen molar-refractivity contribution >= 4 is 11.3 Å². The molecule has 0 unspecified atom stereocenters. The summed E-state index contributed by atoms with van der Waals surface area (Å²) >= 11 is 1.74. The minimum atomic E-state index is 0.191. The van der Waals surface area contributed by atoms with Crippen molar-refractivity contribution in [3.63, 3.8) is 0 Å². The lowest BCUT2D eigenvalue weighted by atomic mass is 10.2. The molecule has 28 heavy (non-hydrogen) atoms. The molecule has 0 N–H and O–H groups in total. The summed E-state index contributed by atoms with van der Waals surface area (Å²) in [6, 6.07) is 5.78. The van der Waals surface area contributed by atoms with Gasteiger partial charge in [0.15, 0.2) is 0 Å². The molecule has 2 heterocycles. The molecule has 1 aromatic carbocycles. The summed E-state index contributed by atoms with van der Waals surface area (Å²) in [5.41, 5.74) is 2.80. The van der Waals surface area contributed by atoms with Crippen molar-refractivity contribution < 1.29 is 13.9 Å². The molecule has 3 aromatic rings. The number of hydrogen-bond acceptors (Lipinski definition) is 7. The van der Waals surface area contributed by atoms with Gasteiger partial charge in [0.25, 0.3) is 0 Å². The molecule has 0 spiro atoms. The highest BCUT2D eigenvalue weighted by Crippen LogP contribution is 2.34. The van der Waals surface area contributed by atoms with Crippen LogP contribution < -0.4 is 9.47 Å². The van der Waals surface area contributed by atoms with Crippen LogP contribution in [0.5, 0.6) is 11.5 Å². The van der Waals surface area contributed by atoms with E-state index >= 15 is 0 Å². The monoisotopic (exact) mass is 401 g/mol. The van der Waals surface area contributed by atoms with E-state index in [0.717, 1.165) is 33.5 Å². The lowest BCUT2D eigenvalue weighted by Gasteiger charge is -2.23. The van der Waals surface area contributed by atoms with E-state index in [4.69, 9.17) is 23.9 Å². The second-order valence-electron chi connectivity index (χ2n) is 6.85. The fourth-order valence-corrected chi connectivity index (χ4v) is 4.09. The molecule has 0 amide bonds. The number of benzene rings is 1. The lowest BCUT2D eigenvalue weighted by molar-refractivity contribution is 0.245. The molecule has 0 bridgehead atoms. The van der Waals surface area contributed by atoms with Crippen LogP contribution in [-0.2, 0) is 6.54 Å². The van der Waals surface area contributed by atoms with Crippen molar-refractivity contribution in [1.29, 1.82) is 0 Å². The van der Waals surface area contributed by atoms with Crippen LogP contribution >= 0.6 is 11.3 Å². The number of rotatable bonds is 7. The highest BCUT2D eigenvalue weighted by atomic mass is 32.1. The minimum absolute atomic E-state index is 0.191. The van der Waals surface area contributed by atoms with Gasteiger partial charge in [-0.15, -0.1) is 11.3 Å². The van der Waals surface area contributed by atoms with Crippen LogP contribution in [0.2, 0.25) is 0 Å². The summed E-state index contributed by atoms with van der Waals surface area (Å²) in [5, 5.41) is 1.10. The van der Waals surface area contributed by atoms with Gasteiger partial charge in [-0.2, -0.15) is 0 Å². The molecule has 2 aromatic heterocycles. The molecular formula is C21H27N3O3S. The van der Waals surface area contributed by atoms with E-state index < -0.39 is 0 Å². The van der Waals surface area contributed by atoms with E-state index in [1.54, 1.807) is 25.6 Å². The first-order chi connectivity index (χ1) is 13.3. The van der Waals surface area contributed by atoms with E-state index in [2.05, 4.69) is 25.8 Å². The first-order valence-corrected chi connectivity index (χ1v) is 9.98. The number of thiazole rings is 1. The number of nitrogens with zero attached hydrogens (tertiary/aromatic N) is 3.